The number of nitrogens with zero attached hydrogens (tertiary/aromatic N) is 2. The first-order chi connectivity index (χ1) is 12.3. The summed E-state index contributed by atoms with van der Waals surface area (Å²) in [5.74, 6) is -0.0334. The molecular formula is C19H23N3O3S. The zero-order valence-electron chi connectivity index (χ0n) is 15.1. The van der Waals surface area contributed by atoms with Gasteiger partial charge in [0.1, 0.15) is 0 Å². The van der Waals surface area contributed by atoms with Gasteiger partial charge in [0, 0.05) is 43.0 Å². The fourth-order valence-corrected chi connectivity index (χ4v) is 4.76. The van der Waals surface area contributed by atoms with Crippen molar-refractivity contribution >= 4 is 21.6 Å². The molecule has 2 aromatic rings. The number of fused-ring (bicyclic) bond motifs is 1. The molecular weight excluding hydrogens is 350 g/mol. The van der Waals surface area contributed by atoms with Crippen molar-refractivity contribution in [3.8, 4) is 0 Å². The van der Waals surface area contributed by atoms with Crippen molar-refractivity contribution in [1.29, 1.82) is 0 Å². The molecule has 0 saturated heterocycles. The Morgan fingerprint density at radius 1 is 1.35 bits per heavy atom. The minimum absolute atomic E-state index is 0.0334. The van der Waals surface area contributed by atoms with Crippen molar-refractivity contribution in [3.63, 3.8) is 0 Å². The Morgan fingerprint density at radius 2 is 2.12 bits per heavy atom. The lowest BCUT2D eigenvalue weighted by Crippen LogP contribution is -2.34. The van der Waals surface area contributed by atoms with Crippen LogP contribution in [-0.2, 0) is 27.7 Å². The van der Waals surface area contributed by atoms with E-state index in [0.717, 1.165) is 16.9 Å². The first kappa shape index (κ1) is 18.5. The number of pyridine rings is 1. The minimum Gasteiger partial charge on any atom is -0.309 e. The molecule has 1 amide bonds. The topological polar surface area (TPSA) is 79.4 Å². The predicted octanol–water partition coefficient (Wildman–Crippen LogP) is 2.29. The fourth-order valence-electron chi connectivity index (χ4n) is 3.46. The molecule has 0 spiro atoms. The van der Waals surface area contributed by atoms with Crippen molar-refractivity contribution in [2.24, 2.45) is 0 Å². The molecule has 1 aliphatic heterocycles. The number of benzene rings is 1. The summed E-state index contributed by atoms with van der Waals surface area (Å²) < 4.78 is 28.1. The summed E-state index contributed by atoms with van der Waals surface area (Å²) in [5, 5.41) is 0. The van der Waals surface area contributed by atoms with Gasteiger partial charge in [0.2, 0.25) is 15.9 Å². The van der Waals surface area contributed by atoms with Crippen LogP contribution >= 0.6 is 0 Å². The molecule has 138 valence electrons. The van der Waals surface area contributed by atoms with E-state index in [0.29, 0.717) is 12.8 Å². The van der Waals surface area contributed by atoms with Gasteiger partial charge in [-0.05, 0) is 56.2 Å². The van der Waals surface area contributed by atoms with E-state index >= 15 is 0 Å². The maximum absolute atomic E-state index is 12.7. The van der Waals surface area contributed by atoms with Crippen LogP contribution in [0.3, 0.4) is 0 Å². The van der Waals surface area contributed by atoms with Gasteiger partial charge in [0.25, 0.3) is 0 Å². The zero-order valence-corrected chi connectivity index (χ0v) is 16.0. The lowest BCUT2D eigenvalue weighted by Gasteiger charge is -2.20. The Morgan fingerprint density at radius 3 is 2.77 bits per heavy atom. The Labute approximate surface area is 154 Å². The van der Waals surface area contributed by atoms with Gasteiger partial charge in [-0.15, -0.1) is 0 Å². The summed E-state index contributed by atoms with van der Waals surface area (Å²) in [7, 11) is -3.64. The van der Waals surface area contributed by atoms with Crippen LogP contribution in [0.15, 0.2) is 47.5 Å². The molecule has 26 heavy (non-hydrogen) atoms. The first-order valence-corrected chi connectivity index (χ1v) is 10.1. The van der Waals surface area contributed by atoms with E-state index in [1.54, 1.807) is 29.3 Å². The molecule has 2 atom stereocenters. The van der Waals surface area contributed by atoms with Gasteiger partial charge in [0.05, 0.1) is 4.90 Å². The van der Waals surface area contributed by atoms with E-state index in [9.17, 15) is 13.2 Å². The molecule has 1 aromatic carbocycles. The predicted molar refractivity (Wildman–Crippen MR) is 100 cm³/mol. The average molecular weight is 373 g/mol. The Kier molecular flexibility index (Phi) is 5.11. The maximum atomic E-state index is 12.7. The quantitative estimate of drug-likeness (QED) is 0.872. The molecule has 0 bridgehead atoms. The summed E-state index contributed by atoms with van der Waals surface area (Å²) in [4.78, 5) is 18.0. The molecule has 0 saturated carbocycles. The van der Waals surface area contributed by atoms with Crippen LogP contribution in [0, 0.1) is 0 Å². The Bertz CT molecular complexity index is 913. The second-order valence-corrected chi connectivity index (χ2v) is 8.49. The third-order valence-electron chi connectivity index (χ3n) is 4.51. The number of aromatic nitrogens is 1. The van der Waals surface area contributed by atoms with E-state index in [1.807, 2.05) is 32.0 Å². The van der Waals surface area contributed by atoms with Gasteiger partial charge in [-0.25, -0.2) is 13.1 Å². The van der Waals surface area contributed by atoms with E-state index < -0.39 is 10.0 Å². The van der Waals surface area contributed by atoms with E-state index in [2.05, 4.69) is 9.71 Å². The molecule has 2 heterocycles. The van der Waals surface area contributed by atoms with Gasteiger partial charge in [-0.2, -0.15) is 0 Å². The summed E-state index contributed by atoms with van der Waals surface area (Å²) in [6, 6.07) is 10.3. The molecule has 1 aliphatic rings. The van der Waals surface area contributed by atoms with Crippen LogP contribution in [0.5, 0.6) is 0 Å². The second-order valence-electron chi connectivity index (χ2n) is 6.78. The third-order valence-corrected chi connectivity index (χ3v) is 6.10. The van der Waals surface area contributed by atoms with E-state index in [4.69, 9.17) is 0 Å². The standard InChI is InChI=1S/C19H23N3O3S/c1-13(10-17-6-4-5-9-20-17)21-26(24,25)18-7-8-19-16(12-18)11-14(2)22(19)15(3)23/h4-9,12-14,21H,10-11H2,1-3H3/t13-,14-/m0/s1. The number of hydrogen-bond donors (Lipinski definition) is 1. The fraction of sp³-hybridized carbons (Fsp3) is 0.368. The number of carbonyl (C=O) groups excluding carboxylic acids is 1. The molecule has 0 radical (unpaired) electrons. The van der Waals surface area contributed by atoms with E-state index in [-0.39, 0.29) is 22.9 Å². The molecule has 1 aromatic heterocycles. The van der Waals surface area contributed by atoms with Gasteiger partial charge in [-0.3, -0.25) is 9.78 Å². The maximum Gasteiger partial charge on any atom is 0.240 e. The number of anilines is 1. The van der Waals surface area contributed by atoms with Crippen LogP contribution in [0.4, 0.5) is 5.69 Å². The smallest absolute Gasteiger partial charge is 0.240 e. The molecule has 1 N–H and O–H groups in total. The zero-order chi connectivity index (χ0) is 18.9. The third kappa shape index (κ3) is 3.78. The first-order valence-electron chi connectivity index (χ1n) is 8.63. The van der Waals surface area contributed by atoms with Crippen molar-refractivity contribution in [3.05, 3.63) is 53.9 Å². The lowest BCUT2D eigenvalue weighted by atomic mass is 10.1. The van der Waals surface area contributed by atoms with Crippen LogP contribution in [0.25, 0.3) is 0 Å². The minimum atomic E-state index is -3.64. The molecule has 0 fully saturated rings. The largest absolute Gasteiger partial charge is 0.309 e. The van der Waals surface area contributed by atoms with E-state index in [1.165, 1.54) is 6.92 Å². The van der Waals surface area contributed by atoms with Crippen LogP contribution in [0.2, 0.25) is 0 Å². The highest BCUT2D eigenvalue weighted by Crippen LogP contribution is 2.33. The van der Waals surface area contributed by atoms with Gasteiger partial charge < -0.3 is 4.90 Å². The summed E-state index contributed by atoms with van der Waals surface area (Å²) in [6.45, 7) is 5.30. The number of amides is 1. The molecule has 0 unspecified atom stereocenters. The summed E-state index contributed by atoms with van der Waals surface area (Å²) in [6.07, 6.45) is 2.86. The average Bonchev–Trinajstić information content (AvgIpc) is 2.90. The Hall–Kier alpha value is -2.25. The highest BCUT2D eigenvalue weighted by Gasteiger charge is 2.30. The SMILES string of the molecule is CC(=O)N1c2ccc(S(=O)(=O)N[C@@H](C)Cc3ccccn3)cc2C[C@@H]1C. The van der Waals surface area contributed by atoms with Crippen molar-refractivity contribution < 1.29 is 13.2 Å². The molecule has 0 aliphatic carbocycles. The number of nitrogens with one attached hydrogen (secondary N) is 1. The second kappa shape index (κ2) is 7.17. The Balaban J connectivity index is 1.78. The number of rotatable bonds is 5. The van der Waals surface area contributed by atoms with Crippen molar-refractivity contribution in [1.82, 2.24) is 9.71 Å². The number of hydrogen-bond acceptors (Lipinski definition) is 4. The molecule has 3 rings (SSSR count). The van der Waals surface area contributed by atoms with Crippen molar-refractivity contribution in [2.45, 2.75) is 50.6 Å². The molecule has 6 nitrogen and oxygen atoms in total. The highest BCUT2D eigenvalue weighted by molar-refractivity contribution is 7.89. The van der Waals surface area contributed by atoms with Gasteiger partial charge in [-0.1, -0.05) is 6.07 Å². The number of carbonyl (C=O) groups is 1. The van der Waals surface area contributed by atoms with Crippen LogP contribution < -0.4 is 9.62 Å². The lowest BCUT2D eigenvalue weighted by molar-refractivity contribution is -0.116. The van der Waals surface area contributed by atoms with Gasteiger partial charge >= 0.3 is 0 Å². The molecule has 7 heteroatoms. The van der Waals surface area contributed by atoms with Crippen LogP contribution in [0.1, 0.15) is 32.0 Å². The van der Waals surface area contributed by atoms with Crippen molar-refractivity contribution in [2.75, 3.05) is 4.90 Å². The summed E-state index contributed by atoms with van der Waals surface area (Å²) in [5.41, 5.74) is 2.51. The normalized spacial score (nSPS) is 17.8. The monoisotopic (exact) mass is 373 g/mol. The summed E-state index contributed by atoms with van der Waals surface area (Å²) >= 11 is 0. The van der Waals surface area contributed by atoms with Gasteiger partial charge in [0.15, 0.2) is 0 Å². The van der Waals surface area contributed by atoms with Crippen LogP contribution in [-0.4, -0.2) is 31.4 Å². The highest BCUT2D eigenvalue weighted by atomic mass is 32.2. The number of sulfonamides is 1.